The fourth-order valence-electron chi connectivity index (χ4n) is 3.51. The third kappa shape index (κ3) is 4.73. The number of nitrogens with zero attached hydrogens (tertiary/aromatic N) is 1. The van der Waals surface area contributed by atoms with E-state index in [1.165, 1.54) is 6.08 Å². The van der Waals surface area contributed by atoms with Gasteiger partial charge in [-0.1, -0.05) is 103 Å². The Labute approximate surface area is 188 Å². The molecule has 0 radical (unpaired) electrons. The van der Waals surface area contributed by atoms with Gasteiger partial charge in [0, 0.05) is 29.9 Å². The highest BCUT2D eigenvalue weighted by atomic mass is 16.1. The van der Waals surface area contributed by atoms with Gasteiger partial charge in [0.1, 0.15) is 0 Å². The molecule has 0 spiro atoms. The van der Waals surface area contributed by atoms with Gasteiger partial charge in [-0.05, 0) is 23.3 Å². The van der Waals surface area contributed by atoms with E-state index in [1.807, 2.05) is 85.9 Å². The van der Waals surface area contributed by atoms with Crippen molar-refractivity contribution >= 4 is 17.3 Å². The number of Topliss-reactive ketones (excluding diaryl/α,β-unsaturated/α-hetero) is 1. The Morgan fingerprint density at radius 1 is 0.594 bits per heavy atom. The van der Waals surface area contributed by atoms with Gasteiger partial charge in [-0.25, -0.2) is 0 Å². The van der Waals surface area contributed by atoms with Gasteiger partial charge in [0.25, 0.3) is 0 Å². The van der Waals surface area contributed by atoms with Crippen molar-refractivity contribution in [2.75, 3.05) is 11.9 Å². The van der Waals surface area contributed by atoms with Crippen LogP contribution in [-0.4, -0.2) is 18.6 Å². The maximum atomic E-state index is 13.4. The molecule has 0 atom stereocenters. The van der Waals surface area contributed by atoms with E-state index in [2.05, 4.69) is 12.1 Å². The summed E-state index contributed by atoms with van der Waals surface area (Å²) in [5.74, 6) is -0.415. The minimum atomic E-state index is -0.211. The Kier molecular flexibility index (Phi) is 6.38. The smallest absolute Gasteiger partial charge is 0.209 e. The van der Waals surface area contributed by atoms with Crippen LogP contribution in [0.3, 0.4) is 0 Å². The summed E-state index contributed by atoms with van der Waals surface area (Å²) < 4.78 is 0. The van der Waals surface area contributed by atoms with E-state index >= 15 is 0 Å². The number of benzene rings is 4. The first kappa shape index (κ1) is 21.0. The van der Waals surface area contributed by atoms with Crippen molar-refractivity contribution in [1.82, 2.24) is 0 Å². The molecule has 156 valence electrons. The molecule has 0 aromatic heterocycles. The molecule has 0 amide bonds. The average molecular weight is 418 g/mol. The maximum absolute atomic E-state index is 13.4. The zero-order valence-electron chi connectivity index (χ0n) is 17.8. The molecule has 0 saturated heterocycles. The van der Waals surface area contributed by atoms with Gasteiger partial charge in [-0.15, -0.1) is 0 Å². The van der Waals surface area contributed by atoms with E-state index in [0.717, 1.165) is 16.8 Å². The number of hydrogen-bond donors (Lipinski definition) is 0. The molecular weight excluding hydrogens is 394 g/mol. The molecule has 32 heavy (non-hydrogen) atoms. The molecule has 3 heteroatoms. The molecule has 0 bridgehead atoms. The first-order valence-corrected chi connectivity index (χ1v) is 10.4. The van der Waals surface area contributed by atoms with E-state index in [1.54, 1.807) is 29.2 Å². The van der Waals surface area contributed by atoms with Crippen molar-refractivity contribution in [2.45, 2.75) is 0 Å². The molecule has 4 rings (SSSR count). The predicted octanol–water partition coefficient (Wildman–Crippen LogP) is 6.44. The van der Waals surface area contributed by atoms with Crippen molar-refractivity contribution in [1.29, 1.82) is 0 Å². The van der Waals surface area contributed by atoms with Crippen LogP contribution in [0.15, 0.2) is 127 Å². The molecule has 0 unspecified atom stereocenters. The monoisotopic (exact) mass is 417 g/mol. The Hall–Kier alpha value is -4.24. The number of rotatable bonds is 7. The average Bonchev–Trinajstić information content (AvgIpc) is 2.88. The SMILES string of the molecule is CN(/C(=C\C(=O)c1ccccc1)C(=O)c1ccccc1)c1ccc(-c2ccccc2)cc1. The first-order valence-electron chi connectivity index (χ1n) is 10.4. The number of allylic oxidation sites excluding steroid dienone is 2. The molecule has 3 nitrogen and oxygen atoms in total. The highest BCUT2D eigenvalue weighted by Gasteiger charge is 2.20. The lowest BCUT2D eigenvalue weighted by molar-refractivity contribution is 0.101. The van der Waals surface area contributed by atoms with E-state index in [-0.39, 0.29) is 11.6 Å². The van der Waals surface area contributed by atoms with E-state index in [4.69, 9.17) is 0 Å². The van der Waals surface area contributed by atoms with E-state index < -0.39 is 0 Å². The van der Waals surface area contributed by atoms with Crippen LogP contribution in [0.2, 0.25) is 0 Å². The van der Waals surface area contributed by atoms with Gasteiger partial charge < -0.3 is 4.90 Å². The summed E-state index contributed by atoms with van der Waals surface area (Å²) in [6.07, 6.45) is 1.43. The predicted molar refractivity (Wildman–Crippen MR) is 130 cm³/mol. The van der Waals surface area contributed by atoms with Crippen LogP contribution in [0.1, 0.15) is 20.7 Å². The van der Waals surface area contributed by atoms with Crippen molar-refractivity contribution in [3.05, 3.63) is 138 Å². The second kappa shape index (κ2) is 9.71. The lowest BCUT2D eigenvalue weighted by Gasteiger charge is -2.22. The molecule has 0 aliphatic rings. The summed E-state index contributed by atoms with van der Waals surface area (Å²) in [6, 6.07) is 36.1. The van der Waals surface area contributed by atoms with Gasteiger partial charge in [0.05, 0.1) is 5.70 Å². The Morgan fingerprint density at radius 3 is 1.62 bits per heavy atom. The van der Waals surface area contributed by atoms with Crippen molar-refractivity contribution in [3.63, 3.8) is 0 Å². The summed E-state index contributed by atoms with van der Waals surface area (Å²) >= 11 is 0. The minimum Gasteiger partial charge on any atom is -0.341 e. The summed E-state index contributed by atoms with van der Waals surface area (Å²) in [5.41, 5.74) is 4.42. The zero-order chi connectivity index (χ0) is 22.3. The number of likely N-dealkylation sites (N-methyl/N-ethyl adjacent to an activating group) is 1. The highest BCUT2D eigenvalue weighted by molar-refractivity contribution is 6.16. The molecule has 0 fully saturated rings. The van der Waals surface area contributed by atoms with E-state index in [9.17, 15) is 9.59 Å². The standard InChI is InChI=1S/C29H23NO2/c1-30(26-19-17-23(18-20-26)22-11-5-2-6-12-22)27(29(32)25-15-9-4-10-16-25)21-28(31)24-13-7-3-8-14-24/h2-21H,1H3/b27-21-. The first-order chi connectivity index (χ1) is 15.6. The minimum absolute atomic E-state index is 0.204. The Morgan fingerprint density at radius 2 is 1.06 bits per heavy atom. The lowest BCUT2D eigenvalue weighted by Crippen LogP contribution is -2.24. The van der Waals surface area contributed by atoms with Gasteiger partial charge in [-0.2, -0.15) is 0 Å². The van der Waals surface area contributed by atoms with Crippen LogP contribution >= 0.6 is 0 Å². The maximum Gasteiger partial charge on any atom is 0.209 e. The second-order valence-electron chi connectivity index (χ2n) is 7.43. The Bertz CT molecular complexity index is 1230. The van der Waals surface area contributed by atoms with Crippen LogP contribution in [0, 0.1) is 0 Å². The summed E-state index contributed by atoms with van der Waals surface area (Å²) in [7, 11) is 1.81. The number of carbonyl (C=O) groups excluding carboxylic acids is 2. The van der Waals surface area contributed by atoms with Crippen molar-refractivity contribution in [2.24, 2.45) is 0 Å². The largest absolute Gasteiger partial charge is 0.341 e. The van der Waals surface area contributed by atoms with E-state index in [0.29, 0.717) is 16.8 Å². The normalized spacial score (nSPS) is 11.1. The summed E-state index contributed by atoms with van der Waals surface area (Å²) in [6.45, 7) is 0. The molecule has 0 aliphatic heterocycles. The summed E-state index contributed by atoms with van der Waals surface area (Å²) in [5, 5.41) is 0. The quantitative estimate of drug-likeness (QED) is 0.256. The van der Waals surface area contributed by atoms with Crippen LogP contribution in [-0.2, 0) is 0 Å². The topological polar surface area (TPSA) is 37.4 Å². The van der Waals surface area contributed by atoms with Gasteiger partial charge >= 0.3 is 0 Å². The fourth-order valence-corrected chi connectivity index (χ4v) is 3.51. The summed E-state index contributed by atoms with van der Waals surface area (Å²) in [4.78, 5) is 28.0. The molecule has 0 heterocycles. The molecule has 0 N–H and O–H groups in total. The Balaban J connectivity index is 1.70. The fraction of sp³-hybridized carbons (Fsp3) is 0.0345. The van der Waals surface area contributed by atoms with Gasteiger partial charge in [0.15, 0.2) is 5.78 Å². The number of carbonyl (C=O) groups is 2. The third-order valence-electron chi connectivity index (χ3n) is 5.32. The van der Waals surface area contributed by atoms with Gasteiger partial charge in [0.2, 0.25) is 5.78 Å². The number of anilines is 1. The van der Waals surface area contributed by atoms with Crippen molar-refractivity contribution < 1.29 is 9.59 Å². The zero-order valence-corrected chi connectivity index (χ0v) is 17.8. The van der Waals surface area contributed by atoms with Crippen LogP contribution in [0.5, 0.6) is 0 Å². The lowest BCUT2D eigenvalue weighted by atomic mass is 10.0. The third-order valence-corrected chi connectivity index (χ3v) is 5.32. The second-order valence-corrected chi connectivity index (χ2v) is 7.43. The van der Waals surface area contributed by atoms with Crippen molar-refractivity contribution in [3.8, 4) is 11.1 Å². The van der Waals surface area contributed by atoms with Crippen LogP contribution in [0.4, 0.5) is 5.69 Å². The number of hydrogen-bond acceptors (Lipinski definition) is 3. The van der Waals surface area contributed by atoms with Gasteiger partial charge in [-0.3, -0.25) is 9.59 Å². The van der Waals surface area contributed by atoms with Crippen LogP contribution in [0.25, 0.3) is 11.1 Å². The van der Waals surface area contributed by atoms with Crippen LogP contribution < -0.4 is 4.90 Å². The molecule has 0 saturated carbocycles. The molecular formula is C29H23NO2. The molecule has 4 aromatic rings. The highest BCUT2D eigenvalue weighted by Crippen LogP contribution is 2.25. The molecule has 0 aliphatic carbocycles. The number of ketones is 2. The molecule has 4 aromatic carbocycles.